The Bertz CT molecular complexity index is 894. The van der Waals surface area contributed by atoms with Gasteiger partial charge in [-0.1, -0.05) is 41.9 Å². The van der Waals surface area contributed by atoms with Crippen molar-refractivity contribution < 1.29 is 14.3 Å². The fraction of sp³-hybridized carbons (Fsp3) is 0.111. The minimum absolute atomic E-state index is 0.329. The fourth-order valence-electron chi connectivity index (χ4n) is 2.34. The third-order valence-corrected chi connectivity index (χ3v) is 3.91. The Hall–Kier alpha value is -2.99. The number of aromatic amines is 1. The molecule has 0 radical (unpaired) electrons. The van der Waals surface area contributed by atoms with E-state index in [2.05, 4.69) is 15.5 Å². The molecule has 0 bridgehead atoms. The van der Waals surface area contributed by atoms with Crippen LogP contribution in [-0.2, 0) is 0 Å². The van der Waals surface area contributed by atoms with Gasteiger partial charge in [0.25, 0.3) is 5.91 Å². The second kappa shape index (κ2) is 7.27. The lowest BCUT2D eigenvalue weighted by Gasteiger charge is -2.12. The van der Waals surface area contributed by atoms with Crippen LogP contribution in [0.1, 0.15) is 10.5 Å². The standard InChI is InChI=1S/C18H16ClN3O3/c1-24-16-10-14(17(25-2)8-12(16)19)20-18(23)15-9-13(21-22-15)11-6-4-3-5-7-11/h3-10H,1-2H3,(H,20,23)(H,21,22). The van der Waals surface area contributed by atoms with Gasteiger partial charge in [-0.15, -0.1) is 0 Å². The summed E-state index contributed by atoms with van der Waals surface area (Å²) in [5, 5.41) is 10.1. The van der Waals surface area contributed by atoms with E-state index in [0.29, 0.717) is 33.6 Å². The van der Waals surface area contributed by atoms with Crippen LogP contribution in [0.4, 0.5) is 5.69 Å². The summed E-state index contributed by atoms with van der Waals surface area (Å²) in [6, 6.07) is 14.5. The molecule has 3 rings (SSSR count). The molecule has 0 aliphatic rings. The van der Waals surface area contributed by atoms with Crippen molar-refractivity contribution in [3.63, 3.8) is 0 Å². The Morgan fingerprint density at radius 1 is 1.08 bits per heavy atom. The maximum Gasteiger partial charge on any atom is 0.273 e. The number of amides is 1. The number of anilines is 1. The van der Waals surface area contributed by atoms with E-state index in [1.807, 2.05) is 30.3 Å². The second-order valence-corrected chi connectivity index (χ2v) is 5.58. The quantitative estimate of drug-likeness (QED) is 0.723. The summed E-state index contributed by atoms with van der Waals surface area (Å²) in [7, 11) is 3.00. The zero-order valence-electron chi connectivity index (χ0n) is 13.7. The molecule has 1 amide bonds. The van der Waals surface area contributed by atoms with Crippen molar-refractivity contribution in [2.24, 2.45) is 0 Å². The molecule has 0 atom stereocenters. The molecule has 128 valence electrons. The summed E-state index contributed by atoms with van der Waals surface area (Å²) in [4.78, 5) is 12.5. The van der Waals surface area contributed by atoms with Crippen molar-refractivity contribution in [2.45, 2.75) is 0 Å². The van der Waals surface area contributed by atoms with Gasteiger partial charge in [0, 0.05) is 17.7 Å². The van der Waals surface area contributed by atoms with Crippen molar-refractivity contribution in [2.75, 3.05) is 19.5 Å². The maximum absolute atomic E-state index is 12.5. The third kappa shape index (κ3) is 3.59. The van der Waals surface area contributed by atoms with E-state index in [1.165, 1.54) is 14.2 Å². The molecular formula is C18H16ClN3O3. The van der Waals surface area contributed by atoms with Crippen molar-refractivity contribution >= 4 is 23.2 Å². The predicted molar refractivity (Wildman–Crippen MR) is 96.5 cm³/mol. The maximum atomic E-state index is 12.5. The van der Waals surface area contributed by atoms with E-state index < -0.39 is 0 Å². The lowest BCUT2D eigenvalue weighted by molar-refractivity contribution is 0.102. The average molecular weight is 358 g/mol. The number of nitrogens with one attached hydrogen (secondary N) is 2. The largest absolute Gasteiger partial charge is 0.495 e. The van der Waals surface area contributed by atoms with Crippen LogP contribution in [0, 0.1) is 0 Å². The molecule has 1 heterocycles. The lowest BCUT2D eigenvalue weighted by Crippen LogP contribution is -2.13. The fourth-order valence-corrected chi connectivity index (χ4v) is 2.57. The topological polar surface area (TPSA) is 76.2 Å². The number of hydrogen-bond acceptors (Lipinski definition) is 4. The first-order chi connectivity index (χ1) is 12.1. The van der Waals surface area contributed by atoms with Gasteiger partial charge in [0.15, 0.2) is 0 Å². The summed E-state index contributed by atoms with van der Waals surface area (Å²) >= 11 is 6.07. The number of nitrogens with zero attached hydrogens (tertiary/aromatic N) is 1. The van der Waals surface area contributed by atoms with Gasteiger partial charge in [-0.25, -0.2) is 0 Å². The highest BCUT2D eigenvalue weighted by molar-refractivity contribution is 6.32. The van der Waals surface area contributed by atoms with Gasteiger partial charge in [0.2, 0.25) is 0 Å². The van der Waals surface area contributed by atoms with Gasteiger partial charge in [-0.2, -0.15) is 5.10 Å². The summed E-state index contributed by atoms with van der Waals surface area (Å²) in [5.41, 5.74) is 2.38. The molecule has 6 nitrogen and oxygen atoms in total. The molecular weight excluding hydrogens is 342 g/mol. The first-order valence-electron chi connectivity index (χ1n) is 7.46. The van der Waals surface area contributed by atoms with Gasteiger partial charge >= 0.3 is 0 Å². The van der Waals surface area contributed by atoms with Crippen molar-refractivity contribution in [3.8, 4) is 22.8 Å². The number of H-pyrrole nitrogens is 1. The van der Waals surface area contributed by atoms with Crippen LogP contribution in [0.15, 0.2) is 48.5 Å². The molecule has 1 aromatic heterocycles. The van der Waals surface area contributed by atoms with Crippen LogP contribution < -0.4 is 14.8 Å². The van der Waals surface area contributed by atoms with Crippen molar-refractivity contribution in [3.05, 3.63) is 59.2 Å². The smallest absolute Gasteiger partial charge is 0.273 e. The highest BCUT2D eigenvalue weighted by Gasteiger charge is 2.16. The number of rotatable bonds is 5. The number of halogens is 1. The molecule has 0 aliphatic heterocycles. The van der Waals surface area contributed by atoms with Crippen LogP contribution in [0.5, 0.6) is 11.5 Å². The molecule has 0 unspecified atom stereocenters. The van der Waals surface area contributed by atoms with E-state index in [0.717, 1.165) is 5.56 Å². The summed E-state index contributed by atoms with van der Waals surface area (Å²) in [6.07, 6.45) is 0. The van der Waals surface area contributed by atoms with Gasteiger partial charge in [0.05, 0.1) is 30.6 Å². The van der Waals surface area contributed by atoms with Gasteiger partial charge in [-0.05, 0) is 6.07 Å². The molecule has 0 saturated carbocycles. The van der Waals surface area contributed by atoms with Gasteiger partial charge in [0.1, 0.15) is 17.2 Å². The Balaban J connectivity index is 1.85. The number of methoxy groups -OCH3 is 2. The van der Waals surface area contributed by atoms with E-state index >= 15 is 0 Å². The van der Waals surface area contributed by atoms with E-state index in [-0.39, 0.29) is 5.91 Å². The Kier molecular flexibility index (Phi) is 4.90. The van der Waals surface area contributed by atoms with Gasteiger partial charge < -0.3 is 14.8 Å². The van der Waals surface area contributed by atoms with Crippen molar-refractivity contribution in [1.82, 2.24) is 10.2 Å². The Morgan fingerprint density at radius 3 is 2.48 bits per heavy atom. The van der Waals surface area contributed by atoms with Crippen molar-refractivity contribution in [1.29, 1.82) is 0 Å². The number of hydrogen-bond donors (Lipinski definition) is 2. The molecule has 0 fully saturated rings. The summed E-state index contributed by atoms with van der Waals surface area (Å²) in [5.74, 6) is 0.520. The van der Waals surface area contributed by atoms with E-state index in [9.17, 15) is 4.79 Å². The molecule has 2 N–H and O–H groups in total. The van der Waals surface area contributed by atoms with Crippen LogP contribution >= 0.6 is 11.6 Å². The number of carbonyl (C=O) groups excluding carboxylic acids is 1. The number of carbonyl (C=O) groups is 1. The predicted octanol–water partition coefficient (Wildman–Crippen LogP) is 4.00. The Morgan fingerprint density at radius 2 is 1.80 bits per heavy atom. The molecule has 0 spiro atoms. The minimum atomic E-state index is -0.350. The molecule has 25 heavy (non-hydrogen) atoms. The molecule has 0 saturated heterocycles. The summed E-state index contributed by atoms with van der Waals surface area (Å²) < 4.78 is 10.4. The molecule has 2 aromatic carbocycles. The monoisotopic (exact) mass is 357 g/mol. The molecule has 7 heteroatoms. The first kappa shape index (κ1) is 16.9. The zero-order valence-corrected chi connectivity index (χ0v) is 14.4. The van der Waals surface area contributed by atoms with E-state index in [4.69, 9.17) is 21.1 Å². The van der Waals surface area contributed by atoms with Crippen LogP contribution in [0.3, 0.4) is 0 Å². The average Bonchev–Trinajstić information content (AvgIpc) is 3.13. The highest BCUT2D eigenvalue weighted by Crippen LogP contribution is 2.36. The lowest BCUT2D eigenvalue weighted by atomic mass is 10.1. The van der Waals surface area contributed by atoms with Gasteiger partial charge in [-0.3, -0.25) is 9.89 Å². The molecule has 0 aliphatic carbocycles. The minimum Gasteiger partial charge on any atom is -0.495 e. The number of aromatic nitrogens is 2. The molecule has 3 aromatic rings. The zero-order chi connectivity index (χ0) is 17.8. The van der Waals surface area contributed by atoms with Crippen LogP contribution in [0.25, 0.3) is 11.3 Å². The van der Waals surface area contributed by atoms with Crippen LogP contribution in [0.2, 0.25) is 5.02 Å². The third-order valence-electron chi connectivity index (χ3n) is 3.61. The number of benzene rings is 2. The van der Waals surface area contributed by atoms with Crippen LogP contribution in [-0.4, -0.2) is 30.3 Å². The number of ether oxygens (including phenoxy) is 2. The van der Waals surface area contributed by atoms with E-state index in [1.54, 1.807) is 18.2 Å². The first-order valence-corrected chi connectivity index (χ1v) is 7.84. The highest BCUT2D eigenvalue weighted by atomic mass is 35.5. The second-order valence-electron chi connectivity index (χ2n) is 5.17. The normalized spacial score (nSPS) is 10.4. The summed E-state index contributed by atoms with van der Waals surface area (Å²) in [6.45, 7) is 0. The Labute approximate surface area is 149 Å². The SMILES string of the molecule is COc1cc(NC(=O)c2cc(-c3ccccc3)n[nH]2)c(OC)cc1Cl.